The average Bonchev–Trinajstić information content (AvgIpc) is 2.97. The number of hydrogen-bond donors (Lipinski definition) is 1. The summed E-state index contributed by atoms with van der Waals surface area (Å²) in [6.45, 7) is 0. The van der Waals surface area contributed by atoms with Crippen LogP contribution >= 0.6 is 23.1 Å². The van der Waals surface area contributed by atoms with Gasteiger partial charge < -0.3 is 5.11 Å². The molecule has 0 saturated carbocycles. The predicted octanol–water partition coefficient (Wildman–Crippen LogP) is 4.09. The van der Waals surface area contributed by atoms with E-state index in [2.05, 4.69) is 17.1 Å². The van der Waals surface area contributed by atoms with Crippen molar-refractivity contribution in [3.8, 4) is 0 Å². The Labute approximate surface area is 133 Å². The van der Waals surface area contributed by atoms with Crippen molar-refractivity contribution >= 4 is 23.1 Å². The van der Waals surface area contributed by atoms with Crippen LogP contribution in [0.3, 0.4) is 0 Å². The number of nitrogens with zero attached hydrogens (tertiary/aromatic N) is 1. The number of aliphatic hydroxyl groups is 1. The molecule has 1 aliphatic carbocycles. The van der Waals surface area contributed by atoms with Gasteiger partial charge >= 0.3 is 0 Å². The van der Waals surface area contributed by atoms with Gasteiger partial charge in [-0.1, -0.05) is 6.07 Å². The molecule has 4 heteroatoms. The molecule has 110 valence electrons. The summed E-state index contributed by atoms with van der Waals surface area (Å²) < 4.78 is 0. The van der Waals surface area contributed by atoms with Crippen LogP contribution in [0, 0.1) is 0 Å². The molecular formula is C17H19NOS2. The molecule has 0 spiro atoms. The van der Waals surface area contributed by atoms with Gasteiger partial charge in [0.2, 0.25) is 0 Å². The minimum atomic E-state index is -0.389. The number of hydrogen-bond acceptors (Lipinski definition) is 4. The number of thioether (sulfide) groups is 1. The smallest absolute Gasteiger partial charge is 0.0965 e. The minimum Gasteiger partial charge on any atom is -0.387 e. The van der Waals surface area contributed by atoms with Crippen molar-refractivity contribution in [2.24, 2.45) is 0 Å². The third kappa shape index (κ3) is 2.54. The molecule has 2 aromatic heterocycles. The first-order valence-corrected chi connectivity index (χ1v) is 9.61. The zero-order valence-corrected chi connectivity index (χ0v) is 13.6. The van der Waals surface area contributed by atoms with Gasteiger partial charge in [0.15, 0.2) is 0 Å². The van der Waals surface area contributed by atoms with Crippen LogP contribution in [-0.2, 0) is 18.6 Å². The van der Waals surface area contributed by atoms with Crippen molar-refractivity contribution in [3.63, 3.8) is 0 Å². The molecule has 2 aromatic rings. The maximum atomic E-state index is 10.9. The Morgan fingerprint density at radius 1 is 1.29 bits per heavy atom. The van der Waals surface area contributed by atoms with Crippen LogP contribution in [0.4, 0.5) is 0 Å². The lowest BCUT2D eigenvalue weighted by molar-refractivity contribution is 0.137. The van der Waals surface area contributed by atoms with Crippen LogP contribution in [0.2, 0.25) is 0 Å². The lowest BCUT2D eigenvalue weighted by atomic mass is 9.82. The molecule has 1 N–H and O–H groups in total. The Hall–Kier alpha value is -0.840. The van der Waals surface area contributed by atoms with Gasteiger partial charge in [0.05, 0.1) is 6.10 Å². The third-order valence-electron chi connectivity index (χ3n) is 4.56. The van der Waals surface area contributed by atoms with E-state index in [9.17, 15) is 5.11 Å². The molecule has 0 amide bonds. The first kappa shape index (κ1) is 13.8. The Morgan fingerprint density at radius 2 is 2.24 bits per heavy atom. The molecule has 2 unspecified atom stereocenters. The van der Waals surface area contributed by atoms with Gasteiger partial charge in [0.1, 0.15) is 0 Å². The Balaban J connectivity index is 1.66. The zero-order valence-electron chi connectivity index (χ0n) is 11.9. The van der Waals surface area contributed by atoms with Crippen LogP contribution in [-0.4, -0.2) is 15.8 Å². The number of rotatable bonds is 2. The number of fused-ring (bicyclic) bond motifs is 2. The van der Waals surface area contributed by atoms with Gasteiger partial charge in [0, 0.05) is 33.3 Å². The summed E-state index contributed by atoms with van der Waals surface area (Å²) in [5, 5.41) is 10.9. The molecule has 0 saturated heterocycles. The standard InChI is InChI=1S/C17H19NOS2/c19-17(15-9-12-10-20-8-6-14(12)21-15)13-5-1-3-11-4-2-7-18-16(11)13/h2,4,7,9,13,17,19H,1,3,5-6,8,10H2. The first-order chi connectivity index (χ1) is 10.3. The van der Waals surface area contributed by atoms with Gasteiger partial charge in [-0.2, -0.15) is 11.8 Å². The number of aliphatic hydroxyl groups excluding tert-OH is 1. The molecule has 4 rings (SSSR count). The monoisotopic (exact) mass is 317 g/mol. The molecular weight excluding hydrogens is 298 g/mol. The molecule has 2 aliphatic rings. The molecule has 2 atom stereocenters. The van der Waals surface area contributed by atoms with Crippen LogP contribution < -0.4 is 0 Å². The van der Waals surface area contributed by atoms with E-state index < -0.39 is 0 Å². The minimum absolute atomic E-state index is 0.169. The highest BCUT2D eigenvalue weighted by molar-refractivity contribution is 7.98. The van der Waals surface area contributed by atoms with Crippen molar-refractivity contribution < 1.29 is 5.11 Å². The van der Waals surface area contributed by atoms with E-state index in [0.29, 0.717) is 0 Å². The normalized spacial score (nSPS) is 22.4. The summed E-state index contributed by atoms with van der Waals surface area (Å²) in [4.78, 5) is 7.20. The topological polar surface area (TPSA) is 33.1 Å². The van der Waals surface area contributed by atoms with Gasteiger partial charge in [0.25, 0.3) is 0 Å². The lowest BCUT2D eigenvalue weighted by Gasteiger charge is -2.27. The van der Waals surface area contributed by atoms with Crippen molar-refractivity contribution in [2.45, 2.75) is 43.5 Å². The highest BCUT2D eigenvalue weighted by Crippen LogP contribution is 2.43. The molecule has 0 bridgehead atoms. The van der Waals surface area contributed by atoms with Crippen LogP contribution in [0.15, 0.2) is 24.4 Å². The number of pyridine rings is 1. The fraction of sp³-hybridized carbons (Fsp3) is 0.471. The van der Waals surface area contributed by atoms with E-state index in [1.807, 2.05) is 35.4 Å². The Bertz CT molecular complexity index is 628. The van der Waals surface area contributed by atoms with E-state index >= 15 is 0 Å². The quantitative estimate of drug-likeness (QED) is 0.906. The van der Waals surface area contributed by atoms with E-state index in [-0.39, 0.29) is 12.0 Å². The summed E-state index contributed by atoms with van der Waals surface area (Å²) in [5.41, 5.74) is 3.89. The summed E-state index contributed by atoms with van der Waals surface area (Å²) in [6.07, 6.45) is 5.93. The number of aromatic nitrogens is 1. The number of thiophene rings is 1. The van der Waals surface area contributed by atoms with Crippen molar-refractivity contribution in [1.29, 1.82) is 0 Å². The molecule has 2 nitrogen and oxygen atoms in total. The second-order valence-electron chi connectivity index (χ2n) is 5.89. The van der Waals surface area contributed by atoms with Gasteiger partial charge in [-0.15, -0.1) is 11.3 Å². The highest BCUT2D eigenvalue weighted by Gasteiger charge is 2.30. The van der Waals surface area contributed by atoms with Crippen LogP contribution in [0.5, 0.6) is 0 Å². The summed E-state index contributed by atoms with van der Waals surface area (Å²) in [6, 6.07) is 6.42. The van der Waals surface area contributed by atoms with Gasteiger partial charge in [-0.3, -0.25) is 4.98 Å². The second kappa shape index (κ2) is 5.75. The predicted molar refractivity (Wildman–Crippen MR) is 89.1 cm³/mol. The van der Waals surface area contributed by atoms with E-state index in [1.54, 1.807) is 0 Å². The molecule has 1 aliphatic heterocycles. The van der Waals surface area contributed by atoms with Crippen molar-refractivity contribution in [2.75, 3.05) is 5.75 Å². The maximum absolute atomic E-state index is 10.9. The van der Waals surface area contributed by atoms with Gasteiger partial charge in [-0.05, 0) is 54.7 Å². The highest BCUT2D eigenvalue weighted by atomic mass is 32.2. The third-order valence-corrected chi connectivity index (χ3v) is 6.87. The summed E-state index contributed by atoms with van der Waals surface area (Å²) in [5.74, 6) is 2.50. The molecule has 0 aromatic carbocycles. The average molecular weight is 317 g/mol. The summed E-state index contributed by atoms with van der Waals surface area (Å²) >= 11 is 3.82. The Kier molecular flexibility index (Phi) is 3.78. The largest absolute Gasteiger partial charge is 0.387 e. The number of aryl methyl sites for hydroxylation is 2. The van der Waals surface area contributed by atoms with Crippen LogP contribution in [0.25, 0.3) is 0 Å². The second-order valence-corrected chi connectivity index (χ2v) is 8.16. The first-order valence-electron chi connectivity index (χ1n) is 7.64. The molecule has 21 heavy (non-hydrogen) atoms. The lowest BCUT2D eigenvalue weighted by Crippen LogP contribution is -2.18. The zero-order chi connectivity index (χ0) is 14.2. The Morgan fingerprint density at radius 3 is 3.14 bits per heavy atom. The fourth-order valence-corrected chi connectivity index (χ4v) is 5.89. The van der Waals surface area contributed by atoms with Crippen LogP contribution in [0.1, 0.15) is 51.4 Å². The summed E-state index contributed by atoms with van der Waals surface area (Å²) in [7, 11) is 0. The van der Waals surface area contributed by atoms with E-state index in [4.69, 9.17) is 0 Å². The van der Waals surface area contributed by atoms with Gasteiger partial charge in [-0.25, -0.2) is 0 Å². The fourth-order valence-electron chi connectivity index (χ4n) is 3.47. The van der Waals surface area contributed by atoms with Crippen molar-refractivity contribution in [3.05, 3.63) is 51.0 Å². The molecule has 3 heterocycles. The molecule has 0 fully saturated rings. The maximum Gasteiger partial charge on any atom is 0.0965 e. The van der Waals surface area contributed by atoms with E-state index in [0.717, 1.165) is 42.0 Å². The molecule has 0 radical (unpaired) electrons. The SMILES string of the molecule is OC(c1cc2c(s1)CCSC2)C1CCCc2cccnc21. The van der Waals surface area contributed by atoms with E-state index in [1.165, 1.54) is 21.8 Å². The van der Waals surface area contributed by atoms with Crippen molar-refractivity contribution in [1.82, 2.24) is 4.98 Å².